The van der Waals surface area contributed by atoms with Crippen LogP contribution in [0.5, 0.6) is 0 Å². The number of thioether (sulfide) groups is 1. The van der Waals surface area contributed by atoms with Crippen molar-refractivity contribution in [3.63, 3.8) is 0 Å². The lowest BCUT2D eigenvalue weighted by Crippen LogP contribution is -1.96. The smallest absolute Gasteiger partial charge is 0.185 e. The third-order valence-corrected chi connectivity index (χ3v) is 3.06. The Morgan fingerprint density at radius 1 is 1.67 bits per heavy atom. The summed E-state index contributed by atoms with van der Waals surface area (Å²) >= 11 is 1.39. The molecule has 1 atom stereocenters. The van der Waals surface area contributed by atoms with Crippen LogP contribution in [0.25, 0.3) is 0 Å². The van der Waals surface area contributed by atoms with Crippen LogP contribution >= 0.6 is 11.8 Å². The van der Waals surface area contributed by atoms with Crippen molar-refractivity contribution in [3.8, 4) is 0 Å². The largest absolute Gasteiger partial charge is 0.288 e. The SMILES string of the molecule is [CH2]C(CCCSC(C)=O)c1cccnc1. The van der Waals surface area contributed by atoms with E-state index in [0.29, 0.717) is 0 Å². The molecule has 0 bridgehead atoms. The van der Waals surface area contributed by atoms with Crippen LogP contribution in [0.3, 0.4) is 0 Å². The molecule has 0 amide bonds. The zero-order chi connectivity index (χ0) is 11.1. The van der Waals surface area contributed by atoms with Crippen molar-refractivity contribution >= 4 is 16.9 Å². The molecule has 0 fully saturated rings. The van der Waals surface area contributed by atoms with E-state index in [2.05, 4.69) is 11.9 Å². The Kier molecular flexibility index (Phi) is 5.40. The maximum Gasteiger partial charge on any atom is 0.185 e. The van der Waals surface area contributed by atoms with E-state index in [9.17, 15) is 4.79 Å². The van der Waals surface area contributed by atoms with Gasteiger partial charge in [0.2, 0.25) is 0 Å². The molecule has 1 heterocycles. The van der Waals surface area contributed by atoms with Crippen LogP contribution in [0.15, 0.2) is 24.5 Å². The third-order valence-electron chi connectivity index (χ3n) is 2.16. The molecule has 0 N–H and O–H groups in total. The number of carbonyl (C=O) groups is 1. The molecule has 81 valence electrons. The van der Waals surface area contributed by atoms with Crippen molar-refractivity contribution in [3.05, 3.63) is 37.0 Å². The molecule has 1 rings (SSSR count). The first kappa shape index (κ1) is 12.2. The van der Waals surface area contributed by atoms with Gasteiger partial charge in [0.1, 0.15) is 0 Å². The van der Waals surface area contributed by atoms with E-state index in [4.69, 9.17) is 0 Å². The molecular formula is C12H16NOS. The molecule has 1 aromatic heterocycles. The molecule has 0 aliphatic heterocycles. The van der Waals surface area contributed by atoms with Gasteiger partial charge in [-0.15, -0.1) is 0 Å². The summed E-state index contributed by atoms with van der Waals surface area (Å²) in [6, 6.07) is 3.97. The number of rotatable bonds is 5. The predicted molar refractivity (Wildman–Crippen MR) is 64.7 cm³/mol. The number of aromatic nitrogens is 1. The summed E-state index contributed by atoms with van der Waals surface area (Å²) in [5.41, 5.74) is 1.17. The summed E-state index contributed by atoms with van der Waals surface area (Å²) in [5, 5.41) is 0.192. The van der Waals surface area contributed by atoms with Gasteiger partial charge in [-0.05, 0) is 37.3 Å². The fourth-order valence-electron chi connectivity index (χ4n) is 1.33. The second-order valence-electron chi connectivity index (χ2n) is 3.47. The number of nitrogens with zero attached hydrogens (tertiary/aromatic N) is 1. The molecule has 0 saturated carbocycles. The van der Waals surface area contributed by atoms with Crippen LogP contribution in [0.2, 0.25) is 0 Å². The van der Waals surface area contributed by atoms with Gasteiger partial charge in [-0.25, -0.2) is 0 Å². The van der Waals surface area contributed by atoms with Gasteiger partial charge in [-0.3, -0.25) is 9.78 Å². The Labute approximate surface area is 95.5 Å². The summed E-state index contributed by atoms with van der Waals surface area (Å²) < 4.78 is 0. The van der Waals surface area contributed by atoms with E-state index in [1.807, 2.05) is 18.3 Å². The normalized spacial score (nSPS) is 12.4. The highest BCUT2D eigenvalue weighted by molar-refractivity contribution is 8.13. The zero-order valence-corrected chi connectivity index (χ0v) is 9.80. The summed E-state index contributed by atoms with van der Waals surface area (Å²) in [6.07, 6.45) is 5.65. The van der Waals surface area contributed by atoms with E-state index in [0.717, 1.165) is 18.6 Å². The molecule has 0 aliphatic carbocycles. The highest BCUT2D eigenvalue weighted by atomic mass is 32.2. The molecule has 1 aromatic rings. The molecule has 1 unspecified atom stereocenters. The van der Waals surface area contributed by atoms with Crippen LogP contribution in [-0.4, -0.2) is 15.9 Å². The Hall–Kier alpha value is -0.830. The maximum absolute atomic E-state index is 10.7. The minimum absolute atomic E-state index is 0.192. The Morgan fingerprint density at radius 2 is 2.47 bits per heavy atom. The molecule has 2 nitrogen and oxygen atoms in total. The average molecular weight is 222 g/mol. The highest BCUT2D eigenvalue weighted by Crippen LogP contribution is 2.20. The van der Waals surface area contributed by atoms with Gasteiger partial charge in [0.05, 0.1) is 0 Å². The number of hydrogen-bond acceptors (Lipinski definition) is 3. The summed E-state index contributed by atoms with van der Waals surface area (Å²) in [4.78, 5) is 14.8. The van der Waals surface area contributed by atoms with Gasteiger partial charge in [0.25, 0.3) is 0 Å². The molecule has 1 radical (unpaired) electrons. The molecule has 0 aromatic carbocycles. The zero-order valence-electron chi connectivity index (χ0n) is 8.98. The maximum atomic E-state index is 10.7. The predicted octanol–water partition coefficient (Wildman–Crippen LogP) is 3.06. The van der Waals surface area contributed by atoms with Gasteiger partial charge in [-0.2, -0.15) is 0 Å². The van der Waals surface area contributed by atoms with Gasteiger partial charge >= 0.3 is 0 Å². The van der Waals surface area contributed by atoms with Gasteiger partial charge in [0, 0.05) is 25.1 Å². The lowest BCUT2D eigenvalue weighted by Gasteiger charge is -2.09. The van der Waals surface area contributed by atoms with Crippen LogP contribution in [0, 0.1) is 6.92 Å². The van der Waals surface area contributed by atoms with Crippen LogP contribution in [-0.2, 0) is 4.79 Å². The van der Waals surface area contributed by atoms with E-state index in [-0.39, 0.29) is 11.0 Å². The fraction of sp³-hybridized carbons (Fsp3) is 0.417. The molecule has 0 saturated heterocycles. The van der Waals surface area contributed by atoms with Crippen molar-refractivity contribution < 1.29 is 4.79 Å². The standard InChI is InChI=1S/C12H16NOS/c1-10(5-4-8-15-11(2)14)12-6-3-7-13-9-12/h3,6-7,9-10H,1,4-5,8H2,2H3. The quantitative estimate of drug-likeness (QED) is 0.717. The topological polar surface area (TPSA) is 30.0 Å². The average Bonchev–Trinajstić information content (AvgIpc) is 2.25. The Balaban J connectivity index is 2.25. The first-order valence-electron chi connectivity index (χ1n) is 5.06. The van der Waals surface area contributed by atoms with Gasteiger partial charge < -0.3 is 0 Å². The van der Waals surface area contributed by atoms with E-state index in [1.165, 1.54) is 17.3 Å². The number of pyridine rings is 1. The van der Waals surface area contributed by atoms with E-state index < -0.39 is 0 Å². The third kappa shape index (κ3) is 4.98. The minimum atomic E-state index is 0.192. The molecule has 3 heteroatoms. The lowest BCUT2D eigenvalue weighted by molar-refractivity contribution is -0.109. The summed E-state index contributed by atoms with van der Waals surface area (Å²) in [6.45, 7) is 5.70. The number of carbonyl (C=O) groups excluding carboxylic acids is 1. The highest BCUT2D eigenvalue weighted by Gasteiger charge is 2.05. The second kappa shape index (κ2) is 6.62. The van der Waals surface area contributed by atoms with Crippen molar-refractivity contribution in [2.45, 2.75) is 25.7 Å². The second-order valence-corrected chi connectivity index (χ2v) is 4.74. The first-order valence-corrected chi connectivity index (χ1v) is 6.05. The minimum Gasteiger partial charge on any atom is -0.288 e. The number of hydrogen-bond donors (Lipinski definition) is 0. The van der Waals surface area contributed by atoms with Crippen molar-refractivity contribution in [1.29, 1.82) is 0 Å². The molecular weight excluding hydrogens is 206 g/mol. The fourth-order valence-corrected chi connectivity index (χ4v) is 1.93. The van der Waals surface area contributed by atoms with Gasteiger partial charge in [0.15, 0.2) is 5.12 Å². The first-order chi connectivity index (χ1) is 7.20. The van der Waals surface area contributed by atoms with Crippen molar-refractivity contribution in [2.24, 2.45) is 0 Å². The summed E-state index contributed by atoms with van der Waals surface area (Å²) in [7, 11) is 0. The van der Waals surface area contributed by atoms with Gasteiger partial charge in [-0.1, -0.05) is 17.8 Å². The summed E-state index contributed by atoms with van der Waals surface area (Å²) in [5.74, 6) is 1.17. The van der Waals surface area contributed by atoms with Crippen LogP contribution < -0.4 is 0 Å². The lowest BCUT2D eigenvalue weighted by atomic mass is 9.98. The van der Waals surface area contributed by atoms with Crippen molar-refractivity contribution in [2.75, 3.05) is 5.75 Å². The molecule has 15 heavy (non-hydrogen) atoms. The van der Waals surface area contributed by atoms with E-state index >= 15 is 0 Å². The van der Waals surface area contributed by atoms with E-state index in [1.54, 1.807) is 13.1 Å². The molecule has 0 aliphatic rings. The Morgan fingerprint density at radius 3 is 3.07 bits per heavy atom. The van der Waals surface area contributed by atoms with Crippen LogP contribution in [0.4, 0.5) is 0 Å². The monoisotopic (exact) mass is 222 g/mol. The molecule has 0 spiro atoms. The van der Waals surface area contributed by atoms with Crippen molar-refractivity contribution in [1.82, 2.24) is 4.98 Å². The van der Waals surface area contributed by atoms with Crippen LogP contribution in [0.1, 0.15) is 31.2 Å². The Bertz CT molecular complexity index is 300.